The van der Waals surface area contributed by atoms with Gasteiger partial charge in [0.2, 0.25) is 0 Å². The van der Waals surface area contributed by atoms with Crippen LogP contribution in [0.4, 0.5) is 4.79 Å². The molecule has 3 rings (SSSR count). The van der Waals surface area contributed by atoms with E-state index < -0.39 is 0 Å². The zero-order chi connectivity index (χ0) is 14.5. The minimum Gasteiger partial charge on any atom is -0.444 e. The molecule has 1 amide bonds. The van der Waals surface area contributed by atoms with Crippen molar-refractivity contribution >= 4 is 6.09 Å². The van der Waals surface area contributed by atoms with Crippen LogP contribution in [-0.4, -0.2) is 37.5 Å². The van der Waals surface area contributed by atoms with Crippen LogP contribution < -0.4 is 10.6 Å². The van der Waals surface area contributed by atoms with Crippen molar-refractivity contribution in [3.05, 3.63) is 35.9 Å². The number of alkyl carbamates (subject to hydrolysis) is 1. The monoisotopic (exact) mass is 290 g/mol. The number of piperidine rings is 1. The second-order valence-electron chi connectivity index (χ2n) is 5.81. The standard InChI is InChI=1S/C16H22N2O3/c19-15(18-11-13-4-2-1-3-5-13)21-14-10-16(20-12-14)6-8-17-9-7-16/h1-5,14,17H,6-12H2,(H,18,19). The van der Waals surface area contributed by atoms with E-state index in [4.69, 9.17) is 9.47 Å². The number of carbonyl (C=O) groups is 1. The van der Waals surface area contributed by atoms with E-state index in [0.717, 1.165) is 37.9 Å². The minimum absolute atomic E-state index is 0.0738. The van der Waals surface area contributed by atoms with Crippen molar-refractivity contribution in [2.24, 2.45) is 0 Å². The third-order valence-corrected chi connectivity index (χ3v) is 4.24. The van der Waals surface area contributed by atoms with Gasteiger partial charge in [-0.05, 0) is 31.5 Å². The molecule has 0 saturated carbocycles. The first-order valence-electron chi connectivity index (χ1n) is 7.59. The number of ether oxygens (including phenoxy) is 2. The highest BCUT2D eigenvalue weighted by molar-refractivity contribution is 5.67. The quantitative estimate of drug-likeness (QED) is 0.891. The zero-order valence-electron chi connectivity index (χ0n) is 12.1. The molecule has 1 aromatic carbocycles. The fourth-order valence-electron chi connectivity index (χ4n) is 3.07. The van der Waals surface area contributed by atoms with Gasteiger partial charge in [0.15, 0.2) is 0 Å². The molecule has 2 N–H and O–H groups in total. The number of carbonyl (C=O) groups excluding carboxylic acids is 1. The summed E-state index contributed by atoms with van der Waals surface area (Å²) < 4.78 is 11.4. The molecule has 2 aliphatic heterocycles. The highest BCUT2D eigenvalue weighted by atomic mass is 16.6. The molecule has 2 heterocycles. The molecule has 114 valence electrons. The molecule has 2 saturated heterocycles. The molecule has 21 heavy (non-hydrogen) atoms. The summed E-state index contributed by atoms with van der Waals surface area (Å²) >= 11 is 0. The van der Waals surface area contributed by atoms with Crippen molar-refractivity contribution in [1.29, 1.82) is 0 Å². The molecule has 1 atom stereocenters. The number of nitrogens with one attached hydrogen (secondary N) is 2. The highest BCUT2D eigenvalue weighted by Gasteiger charge is 2.42. The molecule has 2 aliphatic rings. The zero-order valence-corrected chi connectivity index (χ0v) is 12.1. The molecule has 1 unspecified atom stereocenters. The van der Waals surface area contributed by atoms with Crippen LogP contribution >= 0.6 is 0 Å². The van der Waals surface area contributed by atoms with Crippen molar-refractivity contribution < 1.29 is 14.3 Å². The van der Waals surface area contributed by atoms with Gasteiger partial charge >= 0.3 is 6.09 Å². The van der Waals surface area contributed by atoms with Crippen molar-refractivity contribution in [1.82, 2.24) is 10.6 Å². The second-order valence-corrected chi connectivity index (χ2v) is 5.81. The van der Waals surface area contributed by atoms with Crippen LogP contribution in [-0.2, 0) is 16.0 Å². The number of amides is 1. The van der Waals surface area contributed by atoms with Gasteiger partial charge in [0, 0.05) is 13.0 Å². The van der Waals surface area contributed by atoms with Crippen LogP contribution in [0.15, 0.2) is 30.3 Å². The van der Waals surface area contributed by atoms with Gasteiger partial charge in [-0.2, -0.15) is 0 Å². The van der Waals surface area contributed by atoms with E-state index >= 15 is 0 Å². The molecule has 0 radical (unpaired) electrons. The SMILES string of the molecule is O=C(NCc1ccccc1)OC1COC2(CCNCC2)C1. The summed E-state index contributed by atoms with van der Waals surface area (Å²) in [7, 11) is 0. The Hall–Kier alpha value is -1.59. The molecule has 1 aromatic rings. The van der Waals surface area contributed by atoms with Crippen molar-refractivity contribution in [3.63, 3.8) is 0 Å². The first-order valence-corrected chi connectivity index (χ1v) is 7.59. The minimum atomic E-state index is -0.363. The Labute approximate surface area is 125 Å². The summed E-state index contributed by atoms with van der Waals surface area (Å²) in [6.07, 6.45) is 2.32. The number of hydrogen-bond donors (Lipinski definition) is 2. The van der Waals surface area contributed by atoms with Crippen LogP contribution in [0, 0.1) is 0 Å². The molecule has 5 nitrogen and oxygen atoms in total. The van der Waals surface area contributed by atoms with Crippen LogP contribution in [0.5, 0.6) is 0 Å². The summed E-state index contributed by atoms with van der Waals surface area (Å²) in [6.45, 7) is 2.96. The van der Waals surface area contributed by atoms with E-state index in [2.05, 4.69) is 10.6 Å². The third-order valence-electron chi connectivity index (χ3n) is 4.24. The van der Waals surface area contributed by atoms with E-state index in [-0.39, 0.29) is 17.8 Å². The van der Waals surface area contributed by atoms with Gasteiger partial charge in [0.05, 0.1) is 12.2 Å². The van der Waals surface area contributed by atoms with E-state index in [9.17, 15) is 4.79 Å². The molecule has 5 heteroatoms. The van der Waals surface area contributed by atoms with Crippen LogP contribution in [0.2, 0.25) is 0 Å². The Morgan fingerprint density at radius 1 is 1.33 bits per heavy atom. The van der Waals surface area contributed by atoms with E-state index in [0.29, 0.717) is 13.2 Å². The highest BCUT2D eigenvalue weighted by Crippen LogP contribution is 2.35. The Morgan fingerprint density at radius 3 is 2.86 bits per heavy atom. The van der Waals surface area contributed by atoms with E-state index in [1.165, 1.54) is 0 Å². The molecule has 2 fully saturated rings. The lowest BCUT2D eigenvalue weighted by Gasteiger charge is -2.32. The third kappa shape index (κ3) is 3.74. The lowest BCUT2D eigenvalue weighted by molar-refractivity contribution is -0.0213. The summed E-state index contributed by atoms with van der Waals surface area (Å²) in [4.78, 5) is 11.8. The average Bonchev–Trinajstić information content (AvgIpc) is 2.89. The lowest BCUT2D eigenvalue weighted by Crippen LogP contribution is -2.41. The Balaban J connectivity index is 1.43. The maximum atomic E-state index is 11.8. The summed E-state index contributed by atoms with van der Waals surface area (Å²) in [6, 6.07) is 9.81. The Kier molecular flexibility index (Phi) is 4.41. The molecule has 1 spiro atoms. The van der Waals surface area contributed by atoms with Gasteiger partial charge in [-0.15, -0.1) is 0 Å². The second kappa shape index (κ2) is 6.45. The molecule has 0 bridgehead atoms. The number of rotatable bonds is 3. The maximum absolute atomic E-state index is 11.8. The number of hydrogen-bond acceptors (Lipinski definition) is 4. The van der Waals surface area contributed by atoms with Crippen LogP contribution in [0.3, 0.4) is 0 Å². The van der Waals surface area contributed by atoms with Gasteiger partial charge in [-0.3, -0.25) is 0 Å². The van der Waals surface area contributed by atoms with Gasteiger partial charge in [0.25, 0.3) is 0 Å². The number of benzene rings is 1. The van der Waals surface area contributed by atoms with E-state index in [1.807, 2.05) is 30.3 Å². The smallest absolute Gasteiger partial charge is 0.407 e. The average molecular weight is 290 g/mol. The predicted octanol–water partition coefficient (Wildman–Crippen LogP) is 1.82. The van der Waals surface area contributed by atoms with Crippen molar-refractivity contribution in [2.75, 3.05) is 19.7 Å². The normalized spacial score (nSPS) is 23.9. The molecule has 0 aromatic heterocycles. The van der Waals surface area contributed by atoms with Crippen molar-refractivity contribution in [2.45, 2.75) is 37.5 Å². The van der Waals surface area contributed by atoms with Crippen LogP contribution in [0.25, 0.3) is 0 Å². The van der Waals surface area contributed by atoms with Gasteiger partial charge < -0.3 is 20.1 Å². The first-order chi connectivity index (χ1) is 10.3. The lowest BCUT2D eigenvalue weighted by atomic mass is 9.89. The summed E-state index contributed by atoms with van der Waals surface area (Å²) in [5.41, 5.74) is 0.988. The van der Waals surface area contributed by atoms with Gasteiger partial charge in [-0.1, -0.05) is 30.3 Å². The predicted molar refractivity (Wildman–Crippen MR) is 79.0 cm³/mol. The van der Waals surface area contributed by atoms with Crippen molar-refractivity contribution in [3.8, 4) is 0 Å². The Morgan fingerprint density at radius 2 is 2.10 bits per heavy atom. The molecular formula is C16H22N2O3. The Bertz CT molecular complexity index is 472. The topological polar surface area (TPSA) is 59.6 Å². The van der Waals surface area contributed by atoms with E-state index in [1.54, 1.807) is 0 Å². The molecular weight excluding hydrogens is 268 g/mol. The fourth-order valence-corrected chi connectivity index (χ4v) is 3.07. The summed E-state index contributed by atoms with van der Waals surface area (Å²) in [5.74, 6) is 0. The fraction of sp³-hybridized carbons (Fsp3) is 0.562. The maximum Gasteiger partial charge on any atom is 0.407 e. The molecule has 0 aliphatic carbocycles. The van der Waals surface area contributed by atoms with Gasteiger partial charge in [0.1, 0.15) is 6.10 Å². The largest absolute Gasteiger partial charge is 0.444 e. The van der Waals surface area contributed by atoms with Crippen LogP contribution in [0.1, 0.15) is 24.8 Å². The first kappa shape index (κ1) is 14.4. The van der Waals surface area contributed by atoms with Gasteiger partial charge in [-0.25, -0.2) is 4.79 Å². The summed E-state index contributed by atoms with van der Waals surface area (Å²) in [5, 5.41) is 6.12.